The van der Waals surface area contributed by atoms with Gasteiger partial charge in [-0.25, -0.2) is 14.6 Å². The van der Waals surface area contributed by atoms with Gasteiger partial charge in [0.2, 0.25) is 0 Å². The normalized spacial score (nSPS) is 25.0. The minimum atomic E-state index is -1.41. The molecular weight excluding hydrogens is 348 g/mol. The Balaban J connectivity index is 1.68. The molecule has 3 heterocycles. The molecular formula is C15H16N4O7. The van der Waals surface area contributed by atoms with Crippen LogP contribution in [0, 0.1) is 0 Å². The van der Waals surface area contributed by atoms with Crippen LogP contribution < -0.4 is 11.2 Å². The van der Waals surface area contributed by atoms with Crippen molar-refractivity contribution in [2.45, 2.75) is 24.5 Å². The predicted octanol–water partition coefficient (Wildman–Crippen LogP) is -1.57. The van der Waals surface area contributed by atoms with Gasteiger partial charge < -0.3 is 24.9 Å². The highest BCUT2D eigenvalue weighted by Crippen LogP contribution is 2.28. The number of carbonyl (C=O) groups excluding carboxylic acids is 1. The van der Waals surface area contributed by atoms with E-state index in [4.69, 9.17) is 14.7 Å². The molecule has 4 atom stereocenters. The van der Waals surface area contributed by atoms with Gasteiger partial charge in [-0.2, -0.15) is 10.5 Å². The molecule has 11 heteroatoms. The molecule has 0 aromatic carbocycles. The van der Waals surface area contributed by atoms with Crippen LogP contribution in [-0.4, -0.2) is 60.7 Å². The lowest BCUT2D eigenvalue weighted by Gasteiger charge is -2.17. The first-order valence-electron chi connectivity index (χ1n) is 7.61. The summed E-state index contributed by atoms with van der Waals surface area (Å²) < 4.78 is 6.21. The predicted molar refractivity (Wildman–Crippen MR) is 84.8 cm³/mol. The Morgan fingerprint density at radius 3 is 2.73 bits per heavy atom. The number of ether oxygens (including phenoxy) is 1. The number of carbonyl (C=O) groups is 1. The standard InChI is InChI=1S/C15H16N4O7/c20-7-9-11(21)12(22)13(25-9)19-6-4-10(17-15(19)24)18-26-14(23)8-3-1-2-5-16-8/h1-6,9,11-13,20-22H,7H2,(H,17,18,24)/t9-,11-,12-,13-/m1/s1. The smallest absolute Gasteiger partial charge is 0.381 e. The third-order valence-corrected chi connectivity index (χ3v) is 3.74. The minimum Gasteiger partial charge on any atom is -0.394 e. The number of rotatable bonds is 5. The van der Waals surface area contributed by atoms with Crippen molar-refractivity contribution in [3.8, 4) is 0 Å². The molecule has 2 aromatic rings. The average molecular weight is 364 g/mol. The van der Waals surface area contributed by atoms with Gasteiger partial charge in [0.25, 0.3) is 0 Å². The van der Waals surface area contributed by atoms with Crippen LogP contribution in [0.3, 0.4) is 0 Å². The van der Waals surface area contributed by atoms with Gasteiger partial charge in [-0.1, -0.05) is 6.07 Å². The van der Waals surface area contributed by atoms with Gasteiger partial charge in [0.1, 0.15) is 18.3 Å². The molecule has 4 N–H and O–H groups in total. The molecule has 0 bridgehead atoms. The molecule has 0 unspecified atom stereocenters. The monoisotopic (exact) mass is 364 g/mol. The van der Waals surface area contributed by atoms with Crippen molar-refractivity contribution in [2.75, 3.05) is 12.1 Å². The lowest BCUT2D eigenvalue weighted by Crippen LogP contribution is -2.36. The zero-order valence-corrected chi connectivity index (χ0v) is 13.3. The molecule has 2 aromatic heterocycles. The highest BCUT2D eigenvalue weighted by atomic mass is 16.7. The van der Waals surface area contributed by atoms with Crippen LogP contribution in [0.2, 0.25) is 0 Å². The van der Waals surface area contributed by atoms with E-state index in [2.05, 4.69) is 15.4 Å². The fourth-order valence-corrected chi connectivity index (χ4v) is 2.41. The van der Waals surface area contributed by atoms with Gasteiger partial charge >= 0.3 is 11.7 Å². The number of hydrogen-bond donors (Lipinski definition) is 4. The lowest BCUT2D eigenvalue weighted by atomic mass is 10.1. The number of anilines is 1. The molecule has 0 spiro atoms. The van der Waals surface area contributed by atoms with E-state index < -0.39 is 42.8 Å². The van der Waals surface area contributed by atoms with E-state index in [1.54, 1.807) is 12.1 Å². The Hall–Kier alpha value is -2.86. The fourth-order valence-electron chi connectivity index (χ4n) is 2.41. The van der Waals surface area contributed by atoms with Gasteiger partial charge in [0.05, 0.1) is 6.61 Å². The Labute approximate surface area is 146 Å². The van der Waals surface area contributed by atoms with E-state index in [-0.39, 0.29) is 11.5 Å². The van der Waals surface area contributed by atoms with E-state index in [1.807, 2.05) is 0 Å². The summed E-state index contributed by atoms with van der Waals surface area (Å²) in [5.74, 6) is -0.817. The topological polar surface area (TPSA) is 156 Å². The van der Waals surface area contributed by atoms with Crippen molar-refractivity contribution in [2.24, 2.45) is 0 Å². The van der Waals surface area contributed by atoms with Crippen molar-refractivity contribution < 1.29 is 29.7 Å². The summed E-state index contributed by atoms with van der Waals surface area (Å²) in [6, 6.07) is 6.02. The first kappa shape index (κ1) is 17.9. The average Bonchev–Trinajstić information content (AvgIpc) is 2.95. The van der Waals surface area contributed by atoms with Crippen molar-refractivity contribution in [1.82, 2.24) is 14.5 Å². The minimum absolute atomic E-state index is 0.0534. The van der Waals surface area contributed by atoms with E-state index >= 15 is 0 Å². The maximum atomic E-state index is 12.1. The Bertz CT molecular complexity index is 828. The van der Waals surface area contributed by atoms with Gasteiger partial charge in [-0.15, -0.1) is 0 Å². The zero-order chi connectivity index (χ0) is 18.7. The zero-order valence-electron chi connectivity index (χ0n) is 13.3. The molecule has 1 aliphatic heterocycles. The van der Waals surface area contributed by atoms with Gasteiger partial charge in [-0.05, 0) is 12.1 Å². The second-order valence-corrected chi connectivity index (χ2v) is 5.44. The summed E-state index contributed by atoms with van der Waals surface area (Å²) in [6.07, 6.45) is -2.29. The summed E-state index contributed by atoms with van der Waals surface area (Å²) in [6.45, 7) is -0.514. The van der Waals surface area contributed by atoms with E-state index in [0.29, 0.717) is 0 Å². The summed E-state index contributed by atoms with van der Waals surface area (Å²) in [5, 5.41) is 28.8. The van der Waals surface area contributed by atoms with Crippen LogP contribution in [-0.2, 0) is 9.57 Å². The van der Waals surface area contributed by atoms with Crippen molar-refractivity contribution in [1.29, 1.82) is 0 Å². The van der Waals surface area contributed by atoms with Crippen molar-refractivity contribution in [3.05, 3.63) is 52.8 Å². The molecule has 26 heavy (non-hydrogen) atoms. The maximum Gasteiger partial charge on any atom is 0.381 e. The summed E-state index contributed by atoms with van der Waals surface area (Å²) in [7, 11) is 0. The number of hydrogen-bond acceptors (Lipinski definition) is 10. The molecule has 1 aliphatic rings. The van der Waals surface area contributed by atoms with E-state index in [1.165, 1.54) is 24.5 Å². The Kier molecular flexibility index (Phi) is 5.23. The molecule has 0 saturated carbocycles. The van der Waals surface area contributed by atoms with E-state index in [0.717, 1.165) is 4.57 Å². The van der Waals surface area contributed by atoms with Gasteiger partial charge in [0.15, 0.2) is 17.7 Å². The number of pyridine rings is 1. The first-order chi connectivity index (χ1) is 12.5. The highest BCUT2D eigenvalue weighted by Gasteiger charge is 2.43. The quantitative estimate of drug-likeness (QED) is 0.457. The van der Waals surface area contributed by atoms with Gasteiger partial charge in [0, 0.05) is 18.5 Å². The molecule has 3 rings (SSSR count). The molecule has 1 fully saturated rings. The number of aliphatic hydroxyl groups excluding tert-OH is 3. The van der Waals surface area contributed by atoms with Crippen LogP contribution in [0.25, 0.3) is 0 Å². The largest absolute Gasteiger partial charge is 0.394 e. The Morgan fingerprint density at radius 2 is 2.12 bits per heavy atom. The van der Waals surface area contributed by atoms with E-state index in [9.17, 15) is 19.8 Å². The maximum absolute atomic E-state index is 12.1. The van der Waals surface area contributed by atoms with Crippen molar-refractivity contribution >= 4 is 11.8 Å². The third-order valence-electron chi connectivity index (χ3n) is 3.74. The first-order valence-corrected chi connectivity index (χ1v) is 7.61. The molecule has 11 nitrogen and oxygen atoms in total. The number of nitrogens with one attached hydrogen (secondary N) is 1. The molecule has 138 valence electrons. The Morgan fingerprint density at radius 1 is 1.31 bits per heavy atom. The van der Waals surface area contributed by atoms with Crippen LogP contribution >= 0.6 is 0 Å². The molecule has 0 radical (unpaired) electrons. The van der Waals surface area contributed by atoms with Crippen LogP contribution in [0.4, 0.5) is 5.82 Å². The van der Waals surface area contributed by atoms with Crippen LogP contribution in [0.15, 0.2) is 41.5 Å². The van der Waals surface area contributed by atoms with Gasteiger partial charge in [-0.3, -0.25) is 4.57 Å². The summed E-state index contributed by atoms with van der Waals surface area (Å²) in [5.41, 5.74) is 1.48. The number of nitrogens with zero attached hydrogens (tertiary/aromatic N) is 3. The van der Waals surface area contributed by atoms with Crippen LogP contribution in [0.1, 0.15) is 16.7 Å². The second-order valence-electron chi connectivity index (χ2n) is 5.44. The molecule has 0 aliphatic carbocycles. The van der Waals surface area contributed by atoms with Crippen LogP contribution in [0.5, 0.6) is 0 Å². The fraction of sp³-hybridized carbons (Fsp3) is 0.333. The number of aromatic nitrogens is 3. The molecule has 0 amide bonds. The summed E-state index contributed by atoms with van der Waals surface area (Å²) >= 11 is 0. The third kappa shape index (κ3) is 3.55. The highest BCUT2D eigenvalue weighted by molar-refractivity contribution is 5.87. The van der Waals surface area contributed by atoms with Crippen molar-refractivity contribution in [3.63, 3.8) is 0 Å². The molecule has 1 saturated heterocycles. The SMILES string of the molecule is O=C(ONc1ccn([C@@H]2O[C@H](CO)[C@@H](O)[C@H]2O)c(=O)n1)c1ccccn1. The summed E-state index contributed by atoms with van der Waals surface area (Å²) in [4.78, 5) is 36.1. The second kappa shape index (κ2) is 7.58. The number of aliphatic hydroxyl groups is 3. The lowest BCUT2D eigenvalue weighted by molar-refractivity contribution is -0.0549.